The van der Waals surface area contributed by atoms with Gasteiger partial charge in [0, 0.05) is 17.7 Å². The van der Waals surface area contributed by atoms with Crippen LogP contribution < -0.4 is 4.90 Å². The Hall–Kier alpha value is -7.22. The maximum absolute atomic E-state index is 2.69. The summed E-state index contributed by atoms with van der Waals surface area (Å²) in [5, 5.41) is 0. The van der Waals surface area contributed by atoms with Crippen molar-refractivity contribution in [3.05, 3.63) is 249 Å². The molecule has 0 saturated heterocycles. The van der Waals surface area contributed by atoms with Gasteiger partial charge >= 0.3 is 0 Å². The number of hydrogen-bond acceptors (Lipinski definition) is 1. The highest BCUT2D eigenvalue weighted by Gasteiger charge is 2.51. The van der Waals surface area contributed by atoms with E-state index in [9.17, 15) is 0 Å². The fourth-order valence-corrected chi connectivity index (χ4v) is 10.7. The van der Waals surface area contributed by atoms with Gasteiger partial charge in [-0.3, -0.25) is 0 Å². The molecule has 0 radical (unpaired) electrons. The molecule has 0 N–H and O–H groups in total. The molecule has 1 heteroatoms. The average molecular weight is 752 g/mol. The van der Waals surface area contributed by atoms with Crippen LogP contribution in [0.1, 0.15) is 44.5 Å². The molecule has 0 aliphatic heterocycles. The van der Waals surface area contributed by atoms with Crippen molar-refractivity contribution in [1.29, 1.82) is 0 Å². The van der Waals surface area contributed by atoms with E-state index in [4.69, 9.17) is 0 Å². The van der Waals surface area contributed by atoms with Crippen molar-refractivity contribution < 1.29 is 0 Å². The van der Waals surface area contributed by atoms with Crippen LogP contribution in [0.3, 0.4) is 0 Å². The van der Waals surface area contributed by atoms with Crippen LogP contribution in [0.15, 0.2) is 205 Å². The molecule has 0 aromatic heterocycles. The number of hydrogen-bond donors (Lipinski definition) is 0. The third-order valence-corrected chi connectivity index (χ3v) is 13.5. The lowest BCUT2D eigenvalue weighted by molar-refractivity contribution is 0.676. The predicted octanol–water partition coefficient (Wildman–Crippen LogP) is 14.8. The molecule has 5 aliphatic carbocycles. The highest BCUT2D eigenvalue weighted by molar-refractivity contribution is 6.07. The second kappa shape index (κ2) is 12.9. The highest BCUT2D eigenvalue weighted by Crippen LogP contribution is 2.64. The molecule has 0 heterocycles. The smallest absolute Gasteiger partial charge is 0.0803 e. The summed E-state index contributed by atoms with van der Waals surface area (Å²) in [6.45, 7) is 4.64. The summed E-state index contributed by atoms with van der Waals surface area (Å²) in [6, 6.07) is 58.2. The van der Waals surface area contributed by atoms with Crippen LogP contribution in [-0.4, -0.2) is 0 Å². The van der Waals surface area contributed by atoms with E-state index in [1.807, 2.05) is 0 Å². The predicted molar refractivity (Wildman–Crippen MR) is 248 cm³/mol. The van der Waals surface area contributed by atoms with E-state index in [0.717, 1.165) is 6.42 Å². The number of para-hydroxylation sites is 1. The summed E-state index contributed by atoms with van der Waals surface area (Å²) in [5.74, 6) is 0. The van der Waals surface area contributed by atoms with Crippen LogP contribution in [0.2, 0.25) is 0 Å². The molecule has 5 aliphatic rings. The zero-order valence-corrected chi connectivity index (χ0v) is 33.2. The molecular formula is C58H41N. The van der Waals surface area contributed by atoms with Gasteiger partial charge in [0.25, 0.3) is 0 Å². The first kappa shape index (κ1) is 33.9. The van der Waals surface area contributed by atoms with Gasteiger partial charge in [-0.25, -0.2) is 0 Å². The standard InChI is InChI=1S/C58H41N/c1-37-33-51-46-25-11-6-19-40(46)34-52(51)57(38(37)2)59(55-29-15-14-27-50(55)47-26-13-12-22-43(47)39-17-4-3-5-18-39)56-31-30-49-45-24-10-8-21-42(45)36-54(49)58(56)32-16-28-48-44-23-9-7-20-41(44)35-53(48)58/h3-33,35-36H,34H2,1-2H3. The number of fused-ring (bicyclic) bond motifs is 11. The Balaban J connectivity index is 1.19. The Morgan fingerprint density at radius 3 is 1.80 bits per heavy atom. The number of anilines is 2. The number of allylic oxidation sites excluding steroid dienone is 7. The molecule has 12 rings (SSSR count). The minimum atomic E-state index is -0.604. The molecular weight excluding hydrogens is 711 g/mol. The van der Waals surface area contributed by atoms with E-state index < -0.39 is 5.41 Å². The van der Waals surface area contributed by atoms with Crippen molar-refractivity contribution >= 4 is 34.7 Å². The normalized spacial score (nSPS) is 17.4. The van der Waals surface area contributed by atoms with Crippen molar-refractivity contribution in [1.82, 2.24) is 0 Å². The summed E-state index contributed by atoms with van der Waals surface area (Å²) in [5.41, 5.74) is 26.4. The topological polar surface area (TPSA) is 3.24 Å². The Bertz CT molecular complexity index is 3120. The van der Waals surface area contributed by atoms with Gasteiger partial charge in [-0.1, -0.05) is 176 Å². The first-order valence-corrected chi connectivity index (χ1v) is 20.8. The van der Waals surface area contributed by atoms with Crippen molar-refractivity contribution in [2.24, 2.45) is 5.41 Å². The van der Waals surface area contributed by atoms with Crippen LogP contribution in [0.25, 0.3) is 56.7 Å². The van der Waals surface area contributed by atoms with Crippen LogP contribution in [0, 0.1) is 19.3 Å². The summed E-state index contributed by atoms with van der Waals surface area (Å²) >= 11 is 0. The van der Waals surface area contributed by atoms with Gasteiger partial charge in [0.15, 0.2) is 0 Å². The summed E-state index contributed by atoms with van der Waals surface area (Å²) < 4.78 is 0. The lowest BCUT2D eigenvalue weighted by Crippen LogP contribution is -2.38. The maximum atomic E-state index is 2.69. The Morgan fingerprint density at radius 2 is 1.07 bits per heavy atom. The quantitative estimate of drug-likeness (QED) is 0.169. The van der Waals surface area contributed by atoms with Crippen molar-refractivity contribution in [2.75, 3.05) is 4.90 Å². The Morgan fingerprint density at radius 1 is 0.492 bits per heavy atom. The van der Waals surface area contributed by atoms with Gasteiger partial charge < -0.3 is 4.90 Å². The highest BCUT2D eigenvalue weighted by atomic mass is 15.2. The van der Waals surface area contributed by atoms with Crippen molar-refractivity contribution in [3.8, 4) is 33.4 Å². The lowest BCUT2D eigenvalue weighted by atomic mass is 9.63. The molecule has 1 unspecified atom stereocenters. The van der Waals surface area contributed by atoms with E-state index in [1.54, 1.807) is 0 Å². The zero-order chi connectivity index (χ0) is 39.2. The van der Waals surface area contributed by atoms with E-state index in [2.05, 4.69) is 219 Å². The molecule has 0 amide bonds. The summed E-state index contributed by atoms with van der Waals surface area (Å²) in [7, 11) is 0. The average Bonchev–Trinajstić information content (AvgIpc) is 3.99. The summed E-state index contributed by atoms with van der Waals surface area (Å²) in [4.78, 5) is 2.69. The molecule has 0 saturated carbocycles. The molecule has 59 heavy (non-hydrogen) atoms. The van der Waals surface area contributed by atoms with E-state index in [1.165, 1.54) is 117 Å². The molecule has 7 aromatic carbocycles. The van der Waals surface area contributed by atoms with Crippen molar-refractivity contribution in [3.63, 3.8) is 0 Å². The van der Waals surface area contributed by atoms with Gasteiger partial charge in [0.2, 0.25) is 0 Å². The fraction of sp³-hybridized carbons (Fsp3) is 0.0690. The van der Waals surface area contributed by atoms with Gasteiger partial charge in [-0.05, 0) is 133 Å². The second-order valence-corrected chi connectivity index (χ2v) is 16.5. The van der Waals surface area contributed by atoms with Gasteiger partial charge in [-0.2, -0.15) is 0 Å². The molecule has 1 spiro atoms. The minimum Gasteiger partial charge on any atom is -0.311 e. The lowest BCUT2D eigenvalue weighted by Gasteiger charge is -2.47. The number of aryl methyl sites for hydroxylation is 1. The molecule has 1 nitrogen and oxygen atoms in total. The third-order valence-electron chi connectivity index (χ3n) is 13.5. The molecule has 0 fully saturated rings. The van der Waals surface area contributed by atoms with E-state index in [0.29, 0.717) is 0 Å². The zero-order valence-electron chi connectivity index (χ0n) is 33.2. The second-order valence-electron chi connectivity index (χ2n) is 16.5. The van der Waals surface area contributed by atoms with Crippen LogP contribution >= 0.6 is 0 Å². The minimum absolute atomic E-state index is 0.604. The molecule has 7 aromatic rings. The van der Waals surface area contributed by atoms with Gasteiger partial charge in [0.1, 0.15) is 0 Å². The largest absolute Gasteiger partial charge is 0.311 e. The Kier molecular flexibility index (Phi) is 7.40. The van der Waals surface area contributed by atoms with Crippen LogP contribution in [0.5, 0.6) is 0 Å². The van der Waals surface area contributed by atoms with Crippen LogP contribution in [-0.2, 0) is 6.42 Å². The number of nitrogens with zero attached hydrogens (tertiary/aromatic N) is 1. The SMILES string of the molecule is Cc1cc2c(c(N(C3=CC=C4C(=Cc5ccccc54)C34C=CC=C3C4=Cc4ccccc43)c3ccccc3-c3ccccc3-c3ccccc3)c1C)Cc1ccccc1-2. The first-order valence-electron chi connectivity index (χ1n) is 20.8. The monoisotopic (exact) mass is 751 g/mol. The Labute approximate surface area is 346 Å². The first-order chi connectivity index (χ1) is 29.1. The molecule has 0 bridgehead atoms. The fourth-order valence-electron chi connectivity index (χ4n) is 10.7. The number of benzene rings is 7. The van der Waals surface area contributed by atoms with E-state index in [-0.39, 0.29) is 0 Å². The van der Waals surface area contributed by atoms with E-state index >= 15 is 0 Å². The number of rotatable bonds is 5. The maximum Gasteiger partial charge on any atom is 0.0803 e. The molecule has 1 atom stereocenters. The van der Waals surface area contributed by atoms with Crippen LogP contribution in [0.4, 0.5) is 11.4 Å². The third kappa shape index (κ3) is 4.85. The van der Waals surface area contributed by atoms with Gasteiger partial charge in [-0.15, -0.1) is 0 Å². The molecule has 278 valence electrons. The van der Waals surface area contributed by atoms with Crippen molar-refractivity contribution in [2.45, 2.75) is 20.3 Å². The summed E-state index contributed by atoms with van der Waals surface area (Å²) in [6.07, 6.45) is 17.9. The van der Waals surface area contributed by atoms with Gasteiger partial charge in [0.05, 0.1) is 16.8 Å².